The first-order valence-electron chi connectivity index (χ1n) is 14.5. The van der Waals surface area contributed by atoms with Gasteiger partial charge in [-0.05, 0) is 71.2 Å². The Morgan fingerprint density at radius 3 is 2.05 bits per heavy atom. The Balaban J connectivity index is 2.47. The number of ether oxygens (including phenoxy) is 2. The maximum atomic E-state index is 14.1. The molecule has 0 spiro atoms. The smallest absolute Gasteiger partial charge is 0.408 e. The fourth-order valence-electron chi connectivity index (χ4n) is 4.19. The third-order valence-electron chi connectivity index (χ3n) is 6.10. The lowest BCUT2D eigenvalue weighted by atomic mass is 10.00. The van der Waals surface area contributed by atoms with Crippen LogP contribution in [0.5, 0.6) is 0 Å². The molecule has 9 heteroatoms. The largest absolute Gasteiger partial charge is 0.458 e. The highest BCUT2D eigenvalue weighted by atomic mass is 16.6. The van der Waals surface area contributed by atoms with Gasteiger partial charge in [0, 0.05) is 18.5 Å². The lowest BCUT2D eigenvalue weighted by Gasteiger charge is -2.33. The Morgan fingerprint density at radius 2 is 1.51 bits per heavy atom. The third-order valence-corrected chi connectivity index (χ3v) is 6.10. The van der Waals surface area contributed by atoms with Gasteiger partial charge in [0.2, 0.25) is 11.8 Å². The highest BCUT2D eigenvalue weighted by Gasteiger charge is 2.35. The highest BCUT2D eigenvalue weighted by molar-refractivity contribution is 5.93. The fraction of sp³-hybridized carbons (Fsp3) is 0.471. The van der Waals surface area contributed by atoms with Gasteiger partial charge in [-0.15, -0.1) is 6.42 Å². The molecule has 0 aliphatic rings. The number of carbonyl (C=O) groups is 4. The van der Waals surface area contributed by atoms with Crippen LogP contribution < -0.4 is 10.6 Å². The Hall–Kier alpha value is -4.32. The van der Waals surface area contributed by atoms with Crippen molar-refractivity contribution in [3.63, 3.8) is 0 Å². The van der Waals surface area contributed by atoms with Crippen molar-refractivity contribution in [3.8, 4) is 12.3 Å². The van der Waals surface area contributed by atoms with Crippen molar-refractivity contribution in [2.45, 2.75) is 91.0 Å². The molecule has 0 bridgehead atoms. The number of carbonyl (C=O) groups excluding carboxylic acids is 4. The number of benzene rings is 2. The molecule has 9 nitrogen and oxygen atoms in total. The predicted molar refractivity (Wildman–Crippen MR) is 166 cm³/mol. The lowest BCUT2D eigenvalue weighted by Crippen LogP contribution is -2.52. The lowest BCUT2D eigenvalue weighted by molar-refractivity contribution is -0.159. The number of esters is 1. The quantitative estimate of drug-likeness (QED) is 0.267. The summed E-state index contributed by atoms with van der Waals surface area (Å²) in [7, 11) is 0. The molecule has 0 aliphatic heterocycles. The summed E-state index contributed by atoms with van der Waals surface area (Å²) in [5.74, 6) is 0.903. The zero-order valence-corrected chi connectivity index (χ0v) is 26.4. The second kappa shape index (κ2) is 15.8. The number of unbranched alkanes of at least 4 members (excludes halogenated alkanes) is 1. The molecule has 0 aromatic heterocycles. The summed E-state index contributed by atoms with van der Waals surface area (Å²) < 4.78 is 10.9. The summed E-state index contributed by atoms with van der Waals surface area (Å²) in [6.07, 6.45) is 6.34. The number of hydrogen-bond acceptors (Lipinski definition) is 6. The van der Waals surface area contributed by atoms with Gasteiger partial charge in [0.05, 0.1) is 0 Å². The first-order valence-corrected chi connectivity index (χ1v) is 14.5. The Bertz CT molecular complexity index is 1270. The van der Waals surface area contributed by atoms with Gasteiger partial charge in [-0.2, -0.15) is 0 Å². The number of rotatable bonds is 12. The summed E-state index contributed by atoms with van der Waals surface area (Å²) in [5, 5.41) is 5.36. The van der Waals surface area contributed by atoms with Gasteiger partial charge in [0.1, 0.15) is 29.8 Å². The van der Waals surface area contributed by atoms with Crippen LogP contribution in [0.1, 0.15) is 84.0 Å². The molecule has 2 unspecified atom stereocenters. The van der Waals surface area contributed by atoms with Gasteiger partial charge < -0.3 is 25.0 Å². The van der Waals surface area contributed by atoms with Gasteiger partial charge in [-0.3, -0.25) is 9.59 Å². The maximum Gasteiger partial charge on any atom is 0.408 e. The Labute approximate surface area is 255 Å². The second-order valence-corrected chi connectivity index (χ2v) is 12.2. The average molecular weight is 592 g/mol. The molecule has 0 saturated heterocycles. The maximum absolute atomic E-state index is 14.1. The number of hydrogen-bond donors (Lipinski definition) is 2. The van der Waals surface area contributed by atoms with E-state index in [9.17, 15) is 19.2 Å². The van der Waals surface area contributed by atoms with E-state index in [4.69, 9.17) is 15.9 Å². The van der Waals surface area contributed by atoms with Crippen LogP contribution >= 0.6 is 0 Å². The molecule has 2 atom stereocenters. The third kappa shape index (κ3) is 12.2. The SMILES string of the molecule is C#Cc1ccc(C(C(=O)NC(Cc2ccccc2)C(=O)OC(C)(C)C)N(CCCC)C(=O)CNC(=O)OC(C)(C)C)cc1. The number of amides is 3. The zero-order chi connectivity index (χ0) is 32.2. The van der Waals surface area contributed by atoms with Crippen molar-refractivity contribution in [1.29, 1.82) is 0 Å². The van der Waals surface area contributed by atoms with Gasteiger partial charge in [0.25, 0.3) is 0 Å². The monoisotopic (exact) mass is 591 g/mol. The molecular weight excluding hydrogens is 546 g/mol. The van der Waals surface area contributed by atoms with Crippen LogP contribution in [0.15, 0.2) is 54.6 Å². The summed E-state index contributed by atoms with van der Waals surface area (Å²) in [4.78, 5) is 54.8. The van der Waals surface area contributed by atoms with E-state index >= 15 is 0 Å². The van der Waals surface area contributed by atoms with Crippen molar-refractivity contribution >= 4 is 23.9 Å². The molecule has 3 amide bonds. The molecule has 2 aromatic rings. The van der Waals surface area contributed by atoms with E-state index in [-0.39, 0.29) is 19.5 Å². The highest BCUT2D eigenvalue weighted by Crippen LogP contribution is 2.24. The number of terminal acetylenes is 1. The van der Waals surface area contributed by atoms with E-state index in [1.807, 2.05) is 37.3 Å². The van der Waals surface area contributed by atoms with Crippen LogP contribution in [0.2, 0.25) is 0 Å². The van der Waals surface area contributed by atoms with Gasteiger partial charge in [-0.1, -0.05) is 61.7 Å². The van der Waals surface area contributed by atoms with Crippen LogP contribution in [0, 0.1) is 12.3 Å². The molecule has 2 N–H and O–H groups in total. The standard InChI is InChI=1S/C34H45N3O6/c1-9-11-21-37(28(38)23-35-32(41)43-34(6,7)8)29(26-19-17-24(10-2)18-20-26)30(39)36-27(31(40)42-33(3,4)5)22-25-15-13-12-14-16-25/h2,12-20,27,29H,9,11,21-23H2,1,3-8H3,(H,35,41)(H,36,39). The molecular formula is C34H45N3O6. The molecule has 2 aromatic carbocycles. The van der Waals surface area contributed by atoms with E-state index in [0.29, 0.717) is 17.5 Å². The molecule has 0 fully saturated rings. The van der Waals surface area contributed by atoms with E-state index in [2.05, 4.69) is 16.6 Å². The van der Waals surface area contributed by atoms with Crippen molar-refractivity contribution in [1.82, 2.24) is 15.5 Å². The van der Waals surface area contributed by atoms with Crippen molar-refractivity contribution in [3.05, 3.63) is 71.3 Å². The number of nitrogens with zero attached hydrogens (tertiary/aromatic N) is 1. The molecule has 0 saturated carbocycles. The van der Waals surface area contributed by atoms with Gasteiger partial charge in [0.15, 0.2) is 0 Å². The van der Waals surface area contributed by atoms with E-state index < -0.39 is 47.2 Å². The van der Waals surface area contributed by atoms with Crippen LogP contribution in [-0.4, -0.2) is 59.1 Å². The van der Waals surface area contributed by atoms with Crippen molar-refractivity contribution in [2.24, 2.45) is 0 Å². The topological polar surface area (TPSA) is 114 Å². The van der Waals surface area contributed by atoms with E-state index in [0.717, 1.165) is 12.0 Å². The minimum absolute atomic E-state index is 0.188. The molecule has 232 valence electrons. The Kier molecular flexibility index (Phi) is 12.8. The van der Waals surface area contributed by atoms with Crippen LogP contribution in [0.3, 0.4) is 0 Å². The Morgan fingerprint density at radius 1 is 0.907 bits per heavy atom. The zero-order valence-electron chi connectivity index (χ0n) is 26.4. The van der Waals surface area contributed by atoms with E-state index in [1.165, 1.54) is 4.90 Å². The van der Waals surface area contributed by atoms with Gasteiger partial charge in [-0.25, -0.2) is 9.59 Å². The van der Waals surface area contributed by atoms with Crippen molar-refractivity contribution in [2.75, 3.05) is 13.1 Å². The van der Waals surface area contributed by atoms with Crippen LogP contribution in [0.25, 0.3) is 0 Å². The molecule has 43 heavy (non-hydrogen) atoms. The fourth-order valence-corrected chi connectivity index (χ4v) is 4.19. The minimum atomic E-state index is -1.12. The second-order valence-electron chi connectivity index (χ2n) is 12.2. The molecule has 0 heterocycles. The minimum Gasteiger partial charge on any atom is -0.458 e. The van der Waals surface area contributed by atoms with Gasteiger partial charge >= 0.3 is 12.1 Å². The first-order chi connectivity index (χ1) is 20.1. The van der Waals surface area contributed by atoms with Crippen LogP contribution in [0.4, 0.5) is 4.79 Å². The van der Waals surface area contributed by atoms with E-state index in [1.54, 1.807) is 65.8 Å². The number of alkyl carbamates (subject to hydrolysis) is 1. The first kappa shape index (κ1) is 34.9. The molecule has 0 aliphatic carbocycles. The molecule has 0 radical (unpaired) electrons. The predicted octanol–water partition coefficient (Wildman–Crippen LogP) is 4.93. The number of nitrogens with one attached hydrogen (secondary N) is 2. The van der Waals surface area contributed by atoms with Crippen LogP contribution in [-0.2, 0) is 30.3 Å². The summed E-state index contributed by atoms with van der Waals surface area (Å²) >= 11 is 0. The average Bonchev–Trinajstić information content (AvgIpc) is 2.92. The van der Waals surface area contributed by atoms with Crippen molar-refractivity contribution < 1.29 is 28.7 Å². The summed E-state index contributed by atoms with van der Waals surface area (Å²) in [6, 6.07) is 13.9. The molecule has 2 rings (SSSR count). The normalized spacial score (nSPS) is 12.7. The summed E-state index contributed by atoms with van der Waals surface area (Å²) in [5.41, 5.74) is 0.412. The summed E-state index contributed by atoms with van der Waals surface area (Å²) in [6.45, 7) is 12.2.